The zero-order valence-electron chi connectivity index (χ0n) is 20.4. The van der Waals surface area contributed by atoms with E-state index in [4.69, 9.17) is 4.74 Å². The van der Waals surface area contributed by atoms with Crippen molar-refractivity contribution in [1.29, 1.82) is 0 Å². The molecular formula is C29H28N2O4S. The average Bonchev–Trinajstić information content (AvgIpc) is 2.86. The molecule has 4 aromatic rings. The number of sulfonamides is 1. The van der Waals surface area contributed by atoms with Crippen molar-refractivity contribution in [2.45, 2.75) is 20.4 Å². The van der Waals surface area contributed by atoms with Crippen molar-refractivity contribution in [2.24, 2.45) is 0 Å². The summed E-state index contributed by atoms with van der Waals surface area (Å²) in [6.07, 6.45) is 1.20. The van der Waals surface area contributed by atoms with Crippen LogP contribution >= 0.6 is 0 Å². The number of carbonyl (C=O) groups excluding carboxylic acids is 1. The van der Waals surface area contributed by atoms with Gasteiger partial charge in [0.2, 0.25) is 10.0 Å². The summed E-state index contributed by atoms with van der Waals surface area (Å²) in [6.45, 7) is 4.00. The van der Waals surface area contributed by atoms with Crippen LogP contribution in [0.3, 0.4) is 0 Å². The second kappa shape index (κ2) is 10.7. The van der Waals surface area contributed by atoms with Crippen molar-refractivity contribution in [3.05, 3.63) is 119 Å². The second-order valence-corrected chi connectivity index (χ2v) is 10.6. The van der Waals surface area contributed by atoms with Crippen LogP contribution in [0.4, 0.5) is 11.4 Å². The summed E-state index contributed by atoms with van der Waals surface area (Å²) < 4.78 is 32.3. The Kier molecular flexibility index (Phi) is 7.41. The molecule has 1 amide bonds. The van der Waals surface area contributed by atoms with E-state index in [-0.39, 0.29) is 12.5 Å². The highest BCUT2D eigenvalue weighted by Crippen LogP contribution is 2.26. The normalized spacial score (nSPS) is 11.1. The Bertz CT molecular complexity index is 1450. The fourth-order valence-corrected chi connectivity index (χ4v) is 4.67. The van der Waals surface area contributed by atoms with Gasteiger partial charge in [-0.2, -0.15) is 0 Å². The fraction of sp³-hybridized carbons (Fsp3) is 0.138. The number of aryl methyl sites for hydroxylation is 2. The molecule has 0 bridgehead atoms. The van der Waals surface area contributed by atoms with Gasteiger partial charge >= 0.3 is 0 Å². The second-order valence-electron chi connectivity index (χ2n) is 8.65. The van der Waals surface area contributed by atoms with Gasteiger partial charge < -0.3 is 10.1 Å². The summed E-state index contributed by atoms with van der Waals surface area (Å²) in [6, 6.07) is 29.3. The highest BCUT2D eigenvalue weighted by molar-refractivity contribution is 7.92. The smallest absolute Gasteiger partial charge is 0.255 e. The lowest BCUT2D eigenvalue weighted by Crippen LogP contribution is -2.30. The Morgan fingerprint density at radius 2 is 1.47 bits per heavy atom. The number of hydrogen-bond donors (Lipinski definition) is 1. The molecule has 4 rings (SSSR count). The number of amides is 1. The molecule has 0 aliphatic heterocycles. The van der Waals surface area contributed by atoms with Crippen LogP contribution in [0.5, 0.6) is 11.5 Å². The van der Waals surface area contributed by atoms with Crippen LogP contribution in [-0.4, -0.2) is 20.6 Å². The lowest BCUT2D eigenvalue weighted by Gasteiger charge is -2.25. The summed E-state index contributed by atoms with van der Waals surface area (Å²) in [5.41, 5.74) is 4.40. The largest absolute Gasteiger partial charge is 0.457 e. The first kappa shape index (κ1) is 25.0. The quantitative estimate of drug-likeness (QED) is 0.307. The fourth-order valence-electron chi connectivity index (χ4n) is 3.73. The van der Waals surface area contributed by atoms with Gasteiger partial charge in [0.25, 0.3) is 5.91 Å². The molecule has 0 unspecified atom stereocenters. The number of para-hydroxylation sites is 1. The Morgan fingerprint density at radius 3 is 2.11 bits per heavy atom. The van der Waals surface area contributed by atoms with Gasteiger partial charge in [-0.1, -0.05) is 42.5 Å². The molecule has 4 aromatic carbocycles. The Hall–Kier alpha value is -4.10. The Balaban J connectivity index is 1.43. The summed E-state index contributed by atoms with van der Waals surface area (Å²) >= 11 is 0. The highest BCUT2D eigenvalue weighted by Gasteiger charge is 2.20. The number of nitrogens with zero attached hydrogens (tertiary/aromatic N) is 1. The predicted molar refractivity (Wildman–Crippen MR) is 144 cm³/mol. The van der Waals surface area contributed by atoms with Crippen LogP contribution in [0.2, 0.25) is 0 Å². The van der Waals surface area contributed by atoms with E-state index < -0.39 is 10.0 Å². The number of benzene rings is 4. The molecule has 7 heteroatoms. The lowest BCUT2D eigenvalue weighted by molar-refractivity contribution is 0.102. The van der Waals surface area contributed by atoms with Crippen molar-refractivity contribution in [3.8, 4) is 11.5 Å². The van der Waals surface area contributed by atoms with Crippen molar-refractivity contribution < 1.29 is 17.9 Å². The van der Waals surface area contributed by atoms with Crippen molar-refractivity contribution in [1.82, 2.24) is 0 Å². The van der Waals surface area contributed by atoms with E-state index in [1.807, 2.05) is 62.4 Å². The summed E-state index contributed by atoms with van der Waals surface area (Å²) in [5, 5.41) is 2.87. The Labute approximate surface area is 212 Å². The minimum Gasteiger partial charge on any atom is -0.457 e. The highest BCUT2D eigenvalue weighted by atomic mass is 32.2. The van der Waals surface area contributed by atoms with Gasteiger partial charge in [-0.15, -0.1) is 0 Å². The Morgan fingerprint density at radius 1 is 0.833 bits per heavy atom. The molecule has 1 N–H and O–H groups in total. The van der Waals surface area contributed by atoms with Gasteiger partial charge in [-0.3, -0.25) is 9.10 Å². The number of anilines is 2. The maximum absolute atomic E-state index is 12.7. The molecule has 0 atom stereocenters. The first-order valence-electron chi connectivity index (χ1n) is 11.5. The minimum absolute atomic E-state index is 0.175. The average molecular weight is 501 g/mol. The van der Waals surface area contributed by atoms with E-state index in [2.05, 4.69) is 5.32 Å². The third kappa shape index (κ3) is 6.31. The lowest BCUT2D eigenvalue weighted by atomic mass is 10.1. The molecule has 36 heavy (non-hydrogen) atoms. The first-order chi connectivity index (χ1) is 17.2. The van der Waals surface area contributed by atoms with E-state index >= 15 is 0 Å². The predicted octanol–water partition coefficient (Wildman–Crippen LogP) is 6.31. The van der Waals surface area contributed by atoms with Crippen molar-refractivity contribution in [2.75, 3.05) is 15.9 Å². The van der Waals surface area contributed by atoms with Crippen LogP contribution in [0, 0.1) is 13.8 Å². The maximum Gasteiger partial charge on any atom is 0.255 e. The van der Waals surface area contributed by atoms with Gasteiger partial charge in [0.1, 0.15) is 11.5 Å². The third-order valence-corrected chi connectivity index (χ3v) is 6.79. The number of ether oxygens (including phenoxy) is 1. The van der Waals surface area contributed by atoms with Crippen LogP contribution in [0.15, 0.2) is 97.1 Å². The molecular weight excluding hydrogens is 472 g/mol. The SMILES string of the molecule is Cc1ccc(C)c(N(Cc2ccc(C(=O)Nc3ccc(Oc4ccccc4)cc3)cc2)S(C)(=O)=O)c1. The minimum atomic E-state index is -3.50. The molecule has 0 radical (unpaired) electrons. The van der Waals surface area contributed by atoms with Gasteiger partial charge in [0, 0.05) is 11.3 Å². The molecule has 0 spiro atoms. The molecule has 0 aliphatic carbocycles. The summed E-state index contributed by atoms with van der Waals surface area (Å²) in [4.78, 5) is 12.7. The van der Waals surface area contributed by atoms with Crippen molar-refractivity contribution >= 4 is 27.3 Å². The van der Waals surface area contributed by atoms with E-state index in [0.29, 0.717) is 22.7 Å². The number of carbonyl (C=O) groups is 1. The maximum atomic E-state index is 12.7. The molecule has 0 aliphatic rings. The van der Waals surface area contributed by atoms with Gasteiger partial charge in [0.05, 0.1) is 18.5 Å². The van der Waals surface area contributed by atoms with Crippen LogP contribution in [0.25, 0.3) is 0 Å². The molecule has 0 saturated heterocycles. The standard InChI is InChI=1S/C29H28N2O4S/c1-21-9-10-22(2)28(19-21)31(36(3,33)34)20-23-11-13-24(14-12-23)29(32)30-25-15-17-27(18-16-25)35-26-7-5-4-6-8-26/h4-19H,20H2,1-3H3,(H,30,32). The van der Waals surface area contributed by atoms with Gasteiger partial charge in [-0.05, 0) is 85.1 Å². The van der Waals surface area contributed by atoms with Crippen LogP contribution in [-0.2, 0) is 16.6 Å². The van der Waals surface area contributed by atoms with Crippen LogP contribution < -0.4 is 14.4 Å². The zero-order chi connectivity index (χ0) is 25.7. The molecule has 6 nitrogen and oxygen atoms in total. The molecule has 0 saturated carbocycles. The van der Waals surface area contributed by atoms with Crippen molar-refractivity contribution in [3.63, 3.8) is 0 Å². The van der Waals surface area contributed by atoms with Gasteiger partial charge in [0.15, 0.2) is 0 Å². The van der Waals surface area contributed by atoms with E-state index in [9.17, 15) is 13.2 Å². The number of hydrogen-bond acceptors (Lipinski definition) is 4. The third-order valence-electron chi connectivity index (χ3n) is 5.67. The molecule has 0 fully saturated rings. The van der Waals surface area contributed by atoms with E-state index in [1.54, 1.807) is 48.5 Å². The van der Waals surface area contributed by atoms with Crippen LogP contribution in [0.1, 0.15) is 27.0 Å². The molecule has 184 valence electrons. The summed E-state index contributed by atoms with van der Waals surface area (Å²) in [5.74, 6) is 1.15. The van der Waals surface area contributed by atoms with Gasteiger partial charge in [-0.25, -0.2) is 8.42 Å². The topological polar surface area (TPSA) is 75.7 Å². The van der Waals surface area contributed by atoms with E-state index in [1.165, 1.54) is 10.6 Å². The zero-order valence-corrected chi connectivity index (χ0v) is 21.2. The molecule has 0 aromatic heterocycles. The number of nitrogens with one attached hydrogen (secondary N) is 1. The monoisotopic (exact) mass is 500 g/mol. The number of rotatable bonds is 8. The first-order valence-corrected chi connectivity index (χ1v) is 13.3. The van der Waals surface area contributed by atoms with E-state index in [0.717, 1.165) is 22.4 Å². The molecule has 0 heterocycles. The summed E-state index contributed by atoms with van der Waals surface area (Å²) in [7, 11) is -3.50.